The van der Waals surface area contributed by atoms with E-state index in [1.807, 2.05) is 19.1 Å². The van der Waals surface area contributed by atoms with Crippen molar-refractivity contribution in [1.82, 2.24) is 10.4 Å². The van der Waals surface area contributed by atoms with E-state index in [0.717, 1.165) is 11.1 Å². The molecule has 0 aromatic heterocycles. The number of hydroxylamine groups is 1. The maximum absolute atomic E-state index is 13.4. The van der Waals surface area contributed by atoms with E-state index in [9.17, 15) is 14.0 Å². The van der Waals surface area contributed by atoms with Crippen molar-refractivity contribution in [2.75, 3.05) is 20.7 Å². The van der Waals surface area contributed by atoms with E-state index in [2.05, 4.69) is 0 Å². The van der Waals surface area contributed by atoms with Crippen LogP contribution in [0.2, 0.25) is 0 Å². The number of amides is 2. The highest BCUT2D eigenvalue weighted by atomic mass is 19.1. The number of nitrogens with one attached hydrogen (secondary N) is 1. The minimum atomic E-state index is -0.553. The van der Waals surface area contributed by atoms with Crippen molar-refractivity contribution in [3.05, 3.63) is 71.0 Å². The molecule has 6 nitrogen and oxygen atoms in total. The second-order valence-corrected chi connectivity index (χ2v) is 6.99. The summed E-state index contributed by atoms with van der Waals surface area (Å²) >= 11 is 0. The molecule has 2 N–H and O–H groups in total. The summed E-state index contributed by atoms with van der Waals surface area (Å²) in [6.07, 6.45) is -0.0321. The van der Waals surface area contributed by atoms with Crippen LogP contribution in [0.15, 0.2) is 48.5 Å². The van der Waals surface area contributed by atoms with Gasteiger partial charge in [0.1, 0.15) is 5.82 Å². The highest BCUT2D eigenvalue weighted by molar-refractivity contribution is 5.93. The summed E-state index contributed by atoms with van der Waals surface area (Å²) in [4.78, 5) is 25.4. The lowest BCUT2D eigenvalue weighted by molar-refractivity contribution is -0.132. The molecule has 0 bridgehead atoms. The number of carbonyl (C=O) groups is 2. The van der Waals surface area contributed by atoms with E-state index in [1.165, 1.54) is 17.0 Å². The van der Waals surface area contributed by atoms with Gasteiger partial charge in [-0.3, -0.25) is 14.8 Å². The Morgan fingerprint density at radius 1 is 1.10 bits per heavy atom. The van der Waals surface area contributed by atoms with Crippen molar-refractivity contribution in [2.24, 2.45) is 0 Å². The molecule has 0 radical (unpaired) electrons. The van der Waals surface area contributed by atoms with Gasteiger partial charge in [0.2, 0.25) is 5.91 Å². The lowest BCUT2D eigenvalue weighted by atomic mass is 9.85. The van der Waals surface area contributed by atoms with Crippen LogP contribution in [-0.4, -0.2) is 48.7 Å². The van der Waals surface area contributed by atoms with Crippen molar-refractivity contribution in [2.45, 2.75) is 31.8 Å². The molecule has 156 valence electrons. The molecule has 2 aromatic carbocycles. The lowest BCUT2D eigenvalue weighted by Crippen LogP contribution is -2.31. The summed E-state index contributed by atoms with van der Waals surface area (Å²) in [6, 6.07) is 13.3. The van der Waals surface area contributed by atoms with Gasteiger partial charge < -0.3 is 9.64 Å². The van der Waals surface area contributed by atoms with Crippen molar-refractivity contribution < 1.29 is 23.9 Å². The monoisotopic (exact) mass is 402 g/mol. The van der Waals surface area contributed by atoms with Crippen LogP contribution in [-0.2, 0) is 16.0 Å². The minimum absolute atomic E-state index is 0.0381. The van der Waals surface area contributed by atoms with Gasteiger partial charge in [-0.05, 0) is 48.7 Å². The zero-order chi connectivity index (χ0) is 21.4. The molecule has 2 rings (SSSR count). The molecule has 29 heavy (non-hydrogen) atoms. The lowest BCUT2D eigenvalue weighted by Gasteiger charge is -2.27. The Hall–Kier alpha value is -2.77. The van der Waals surface area contributed by atoms with Crippen LogP contribution in [0, 0.1) is 5.82 Å². The average molecular weight is 402 g/mol. The number of hydrogen-bond acceptors (Lipinski definition) is 4. The Morgan fingerprint density at radius 2 is 1.72 bits per heavy atom. The number of carbonyl (C=O) groups excluding carboxylic acids is 2. The van der Waals surface area contributed by atoms with Gasteiger partial charge in [0.15, 0.2) is 0 Å². The first-order chi connectivity index (χ1) is 13.8. The van der Waals surface area contributed by atoms with Gasteiger partial charge in [0, 0.05) is 32.2 Å². The molecular weight excluding hydrogens is 375 g/mol. The van der Waals surface area contributed by atoms with Gasteiger partial charge >= 0.3 is 0 Å². The average Bonchev–Trinajstić information content (AvgIpc) is 2.72. The fourth-order valence-corrected chi connectivity index (χ4v) is 3.23. The molecule has 0 heterocycles. The van der Waals surface area contributed by atoms with Crippen LogP contribution in [0.1, 0.15) is 40.7 Å². The maximum atomic E-state index is 13.4. The predicted octanol–water partition coefficient (Wildman–Crippen LogP) is 3.15. The van der Waals surface area contributed by atoms with Crippen molar-refractivity contribution >= 4 is 11.8 Å². The molecule has 0 aliphatic rings. The zero-order valence-electron chi connectivity index (χ0n) is 16.9. The number of nitrogens with zero attached hydrogens (tertiary/aromatic N) is 1. The highest BCUT2D eigenvalue weighted by Gasteiger charge is 2.27. The van der Waals surface area contributed by atoms with Crippen LogP contribution < -0.4 is 5.48 Å². The van der Waals surface area contributed by atoms with Crippen LogP contribution in [0.3, 0.4) is 0 Å². The standard InChI is InChI=1S/C22H27FN2O4/c1-4-29-20(14-21(26)24-28)19(16-9-11-18(23)12-10-16)13-15-5-7-17(8-6-15)22(27)25(2)3/h5-12,19-20,28H,4,13-14H2,1-3H3,(H,24,26)/t19-,20-/m1/s1. The smallest absolute Gasteiger partial charge is 0.253 e. The third-order valence-corrected chi connectivity index (χ3v) is 4.70. The van der Waals surface area contributed by atoms with E-state index < -0.39 is 12.0 Å². The summed E-state index contributed by atoms with van der Waals surface area (Å²) in [6.45, 7) is 2.21. The van der Waals surface area contributed by atoms with Gasteiger partial charge in [-0.1, -0.05) is 24.3 Å². The number of ether oxygens (including phenoxy) is 1. The summed E-state index contributed by atoms with van der Waals surface area (Å²) in [5.74, 6) is -1.23. The molecule has 0 spiro atoms. The predicted molar refractivity (Wildman–Crippen MR) is 107 cm³/mol. The molecule has 0 fully saturated rings. The molecule has 0 saturated heterocycles. The molecule has 0 saturated carbocycles. The first-order valence-corrected chi connectivity index (χ1v) is 9.46. The van der Waals surface area contributed by atoms with E-state index in [1.54, 1.807) is 43.8 Å². The van der Waals surface area contributed by atoms with Gasteiger partial charge in [-0.2, -0.15) is 0 Å². The number of halogens is 1. The second-order valence-electron chi connectivity index (χ2n) is 6.99. The first kappa shape index (κ1) is 22.5. The molecule has 7 heteroatoms. The van der Waals surface area contributed by atoms with E-state index >= 15 is 0 Å². The Morgan fingerprint density at radius 3 is 2.24 bits per heavy atom. The Bertz CT molecular complexity index is 807. The van der Waals surface area contributed by atoms with Gasteiger partial charge in [0.05, 0.1) is 12.5 Å². The number of hydrogen-bond donors (Lipinski definition) is 2. The fraction of sp³-hybridized carbons (Fsp3) is 0.364. The van der Waals surface area contributed by atoms with Crippen molar-refractivity contribution in [3.63, 3.8) is 0 Å². The van der Waals surface area contributed by atoms with E-state index in [0.29, 0.717) is 18.6 Å². The minimum Gasteiger partial charge on any atom is -0.377 e. The molecule has 2 aromatic rings. The Balaban J connectivity index is 2.32. The van der Waals surface area contributed by atoms with Crippen LogP contribution in [0.5, 0.6) is 0 Å². The largest absolute Gasteiger partial charge is 0.377 e. The third-order valence-electron chi connectivity index (χ3n) is 4.70. The van der Waals surface area contributed by atoms with E-state index in [4.69, 9.17) is 9.94 Å². The summed E-state index contributed by atoms with van der Waals surface area (Å²) < 4.78 is 19.2. The van der Waals surface area contributed by atoms with Crippen LogP contribution in [0.4, 0.5) is 4.39 Å². The topological polar surface area (TPSA) is 78.9 Å². The molecule has 2 amide bonds. The SMILES string of the molecule is CCO[C@H](CC(=O)NO)[C@H](Cc1ccc(C(=O)N(C)C)cc1)c1ccc(F)cc1. The normalized spacial score (nSPS) is 12.9. The molecular formula is C22H27FN2O4. The highest BCUT2D eigenvalue weighted by Crippen LogP contribution is 2.29. The first-order valence-electron chi connectivity index (χ1n) is 9.46. The second kappa shape index (κ2) is 10.7. The number of benzene rings is 2. The fourth-order valence-electron chi connectivity index (χ4n) is 3.23. The Kier molecular flexibility index (Phi) is 8.30. The zero-order valence-corrected chi connectivity index (χ0v) is 16.9. The van der Waals surface area contributed by atoms with Crippen molar-refractivity contribution in [3.8, 4) is 0 Å². The van der Waals surface area contributed by atoms with Crippen LogP contribution in [0.25, 0.3) is 0 Å². The molecule has 2 atom stereocenters. The molecule has 0 unspecified atom stereocenters. The maximum Gasteiger partial charge on any atom is 0.253 e. The number of rotatable bonds is 9. The molecule has 0 aliphatic heterocycles. The van der Waals surface area contributed by atoms with Gasteiger partial charge in [-0.15, -0.1) is 0 Å². The van der Waals surface area contributed by atoms with E-state index in [-0.39, 0.29) is 24.1 Å². The van der Waals surface area contributed by atoms with Gasteiger partial charge in [-0.25, -0.2) is 9.87 Å². The molecule has 0 aliphatic carbocycles. The van der Waals surface area contributed by atoms with Crippen molar-refractivity contribution in [1.29, 1.82) is 0 Å². The summed E-state index contributed by atoms with van der Waals surface area (Å²) in [5, 5.41) is 8.92. The summed E-state index contributed by atoms with van der Waals surface area (Å²) in [7, 11) is 3.39. The quantitative estimate of drug-likeness (QED) is 0.499. The van der Waals surface area contributed by atoms with Crippen LogP contribution >= 0.6 is 0 Å². The summed E-state index contributed by atoms with van der Waals surface area (Å²) in [5.41, 5.74) is 4.00. The third kappa shape index (κ3) is 6.37. The van der Waals surface area contributed by atoms with Gasteiger partial charge in [0.25, 0.3) is 5.91 Å². The Labute approximate surface area is 170 Å².